The molecule has 0 spiro atoms. The lowest BCUT2D eigenvalue weighted by Crippen LogP contribution is -2.16. The predicted molar refractivity (Wildman–Crippen MR) is 113 cm³/mol. The Hall–Kier alpha value is -3.46. The van der Waals surface area contributed by atoms with Gasteiger partial charge in [0.2, 0.25) is 0 Å². The van der Waals surface area contributed by atoms with Crippen LogP contribution in [0.4, 0.5) is 11.4 Å². The van der Waals surface area contributed by atoms with Crippen molar-refractivity contribution in [3.63, 3.8) is 0 Å². The van der Waals surface area contributed by atoms with Crippen LogP contribution in [0.25, 0.3) is 0 Å². The zero-order valence-electron chi connectivity index (χ0n) is 16.9. The highest BCUT2D eigenvalue weighted by Crippen LogP contribution is 2.31. The molecule has 0 aliphatic heterocycles. The van der Waals surface area contributed by atoms with Crippen LogP contribution in [0.5, 0.6) is 11.5 Å². The Kier molecular flexibility index (Phi) is 5.75. The third kappa shape index (κ3) is 4.11. The van der Waals surface area contributed by atoms with Crippen molar-refractivity contribution < 1.29 is 27.5 Å². The SMILES string of the molecule is COc1ccccc1NS(=O)(=O)c1ccc(O)c(NC(=O)c2c(C)oc(C)c2C)c1. The number of benzene rings is 2. The highest BCUT2D eigenvalue weighted by atomic mass is 32.2. The molecule has 158 valence electrons. The first-order valence-electron chi connectivity index (χ1n) is 9.01. The van der Waals surface area contributed by atoms with Gasteiger partial charge >= 0.3 is 0 Å². The Morgan fingerprint density at radius 3 is 2.37 bits per heavy atom. The van der Waals surface area contributed by atoms with Gasteiger partial charge in [0.15, 0.2) is 0 Å². The third-order valence-electron chi connectivity index (χ3n) is 4.67. The van der Waals surface area contributed by atoms with E-state index >= 15 is 0 Å². The molecule has 0 aliphatic rings. The zero-order valence-corrected chi connectivity index (χ0v) is 17.8. The summed E-state index contributed by atoms with van der Waals surface area (Å²) in [4.78, 5) is 12.6. The van der Waals surface area contributed by atoms with Gasteiger partial charge in [-0.2, -0.15) is 0 Å². The Balaban J connectivity index is 1.92. The molecule has 9 heteroatoms. The maximum atomic E-state index is 12.8. The van der Waals surface area contributed by atoms with Crippen LogP contribution in [-0.2, 0) is 10.0 Å². The van der Waals surface area contributed by atoms with E-state index in [1.165, 1.54) is 25.3 Å². The van der Waals surface area contributed by atoms with Crippen LogP contribution in [0.3, 0.4) is 0 Å². The molecule has 0 fully saturated rings. The van der Waals surface area contributed by atoms with Crippen molar-refractivity contribution in [2.75, 3.05) is 17.1 Å². The molecule has 3 N–H and O–H groups in total. The minimum Gasteiger partial charge on any atom is -0.506 e. The van der Waals surface area contributed by atoms with Crippen molar-refractivity contribution in [1.82, 2.24) is 0 Å². The molecule has 0 saturated carbocycles. The highest BCUT2D eigenvalue weighted by molar-refractivity contribution is 7.92. The summed E-state index contributed by atoms with van der Waals surface area (Å²) < 4.78 is 38.7. The van der Waals surface area contributed by atoms with Crippen LogP contribution < -0.4 is 14.8 Å². The van der Waals surface area contributed by atoms with E-state index in [0.29, 0.717) is 28.4 Å². The number of anilines is 2. The Bertz CT molecular complexity index is 1210. The van der Waals surface area contributed by atoms with Crippen LogP contribution in [0, 0.1) is 20.8 Å². The molecule has 0 radical (unpaired) electrons. The molecular formula is C21H22N2O6S. The van der Waals surface area contributed by atoms with Crippen molar-refractivity contribution in [2.24, 2.45) is 0 Å². The maximum Gasteiger partial charge on any atom is 0.262 e. The van der Waals surface area contributed by atoms with Crippen molar-refractivity contribution in [1.29, 1.82) is 0 Å². The van der Waals surface area contributed by atoms with E-state index in [-0.39, 0.29) is 22.0 Å². The Labute approximate surface area is 174 Å². The normalized spacial score (nSPS) is 11.2. The monoisotopic (exact) mass is 430 g/mol. The number of phenolic OH excluding ortho intramolecular Hbond substituents is 1. The van der Waals surface area contributed by atoms with Crippen LogP contribution in [0.15, 0.2) is 51.8 Å². The second-order valence-electron chi connectivity index (χ2n) is 6.65. The molecule has 1 amide bonds. The fourth-order valence-electron chi connectivity index (χ4n) is 3.03. The minimum absolute atomic E-state index is 0.0412. The number of nitrogens with one attached hydrogen (secondary N) is 2. The third-order valence-corrected chi connectivity index (χ3v) is 6.03. The van der Waals surface area contributed by atoms with Crippen molar-refractivity contribution in [3.05, 3.63) is 65.1 Å². The van der Waals surface area contributed by atoms with E-state index in [9.17, 15) is 18.3 Å². The summed E-state index contributed by atoms with van der Waals surface area (Å²) in [6, 6.07) is 10.2. The first kappa shape index (κ1) is 21.3. The molecular weight excluding hydrogens is 408 g/mol. The number of carbonyl (C=O) groups is 1. The fourth-order valence-corrected chi connectivity index (χ4v) is 4.12. The summed E-state index contributed by atoms with van der Waals surface area (Å²) in [6.45, 7) is 5.15. The van der Waals surface area contributed by atoms with Crippen LogP contribution in [0.2, 0.25) is 0 Å². The number of amides is 1. The molecule has 3 aromatic rings. The van der Waals surface area contributed by atoms with Gasteiger partial charge in [-0.05, 0) is 51.1 Å². The summed E-state index contributed by atoms with van der Waals surface area (Å²) in [5, 5.41) is 12.7. The molecule has 0 atom stereocenters. The van der Waals surface area contributed by atoms with E-state index in [1.807, 2.05) is 0 Å². The van der Waals surface area contributed by atoms with Gasteiger partial charge in [0.1, 0.15) is 23.0 Å². The number of sulfonamides is 1. The summed E-state index contributed by atoms with van der Waals surface area (Å²) in [7, 11) is -2.58. The second-order valence-corrected chi connectivity index (χ2v) is 8.34. The van der Waals surface area contributed by atoms with E-state index in [2.05, 4.69) is 10.0 Å². The molecule has 0 aliphatic carbocycles. The molecule has 1 heterocycles. The molecule has 8 nitrogen and oxygen atoms in total. The number of rotatable bonds is 6. The van der Waals surface area contributed by atoms with Crippen molar-refractivity contribution >= 4 is 27.3 Å². The number of aromatic hydroxyl groups is 1. The summed E-state index contributed by atoms with van der Waals surface area (Å²) in [5.74, 6) is 0.622. The lowest BCUT2D eigenvalue weighted by molar-refractivity contribution is 0.102. The van der Waals surface area contributed by atoms with Gasteiger partial charge in [-0.3, -0.25) is 9.52 Å². The van der Waals surface area contributed by atoms with Crippen LogP contribution >= 0.6 is 0 Å². The van der Waals surface area contributed by atoms with Gasteiger partial charge in [0.05, 0.1) is 28.9 Å². The quantitative estimate of drug-likeness (QED) is 0.509. The highest BCUT2D eigenvalue weighted by Gasteiger charge is 2.22. The average Bonchev–Trinajstić information content (AvgIpc) is 2.95. The summed E-state index contributed by atoms with van der Waals surface area (Å²) >= 11 is 0. The largest absolute Gasteiger partial charge is 0.506 e. The van der Waals surface area contributed by atoms with Crippen molar-refractivity contribution in [2.45, 2.75) is 25.7 Å². The molecule has 0 bridgehead atoms. The van der Waals surface area contributed by atoms with Gasteiger partial charge in [-0.25, -0.2) is 8.42 Å². The van der Waals surface area contributed by atoms with Gasteiger partial charge in [-0.1, -0.05) is 12.1 Å². The number of hydrogen-bond donors (Lipinski definition) is 3. The van der Waals surface area contributed by atoms with Crippen molar-refractivity contribution in [3.8, 4) is 11.5 Å². The van der Waals surface area contributed by atoms with Crippen LogP contribution in [0.1, 0.15) is 27.4 Å². The molecule has 30 heavy (non-hydrogen) atoms. The molecule has 2 aromatic carbocycles. The lowest BCUT2D eigenvalue weighted by Gasteiger charge is -2.13. The molecule has 0 saturated heterocycles. The Morgan fingerprint density at radius 2 is 1.73 bits per heavy atom. The molecule has 3 rings (SSSR count). The molecule has 0 unspecified atom stereocenters. The van der Waals surface area contributed by atoms with Gasteiger partial charge in [0, 0.05) is 5.56 Å². The van der Waals surface area contributed by atoms with Gasteiger partial charge in [0.25, 0.3) is 15.9 Å². The number of hydrogen-bond acceptors (Lipinski definition) is 6. The summed E-state index contributed by atoms with van der Waals surface area (Å²) in [5.41, 5.74) is 1.23. The minimum atomic E-state index is -4.01. The average molecular weight is 430 g/mol. The van der Waals surface area contributed by atoms with E-state index in [1.54, 1.807) is 45.0 Å². The van der Waals surface area contributed by atoms with E-state index < -0.39 is 15.9 Å². The van der Waals surface area contributed by atoms with Gasteiger partial charge in [-0.15, -0.1) is 0 Å². The number of para-hydroxylation sites is 2. The number of aryl methyl sites for hydroxylation is 2. The number of methoxy groups -OCH3 is 1. The van der Waals surface area contributed by atoms with Crippen LogP contribution in [-0.4, -0.2) is 26.5 Å². The predicted octanol–water partition coefficient (Wildman–Crippen LogP) is 3.97. The summed E-state index contributed by atoms with van der Waals surface area (Å²) in [6.07, 6.45) is 0. The first-order valence-corrected chi connectivity index (χ1v) is 10.5. The van der Waals surface area contributed by atoms with E-state index in [4.69, 9.17) is 9.15 Å². The molecule has 1 aromatic heterocycles. The Morgan fingerprint density at radius 1 is 1.03 bits per heavy atom. The first-order chi connectivity index (χ1) is 14.1. The number of carbonyl (C=O) groups excluding carboxylic acids is 1. The zero-order chi connectivity index (χ0) is 22.1. The maximum absolute atomic E-state index is 12.8. The second kappa shape index (κ2) is 8.11. The lowest BCUT2D eigenvalue weighted by atomic mass is 10.1. The number of furan rings is 1. The number of ether oxygens (including phenoxy) is 1. The fraction of sp³-hybridized carbons (Fsp3) is 0.190. The smallest absolute Gasteiger partial charge is 0.262 e. The number of phenols is 1. The van der Waals surface area contributed by atoms with Gasteiger partial charge < -0.3 is 19.6 Å². The standard InChI is InChI=1S/C21H22N2O6S/c1-12-13(2)29-14(3)20(12)21(25)22-17-11-15(9-10-18(17)24)30(26,27)23-16-7-5-6-8-19(16)28-4/h5-11,23-24H,1-4H3,(H,22,25). The van der Waals surface area contributed by atoms with E-state index in [0.717, 1.165) is 0 Å². The topological polar surface area (TPSA) is 118 Å².